The molecular weight excluding hydrogens is 262 g/mol. The molecule has 0 aliphatic heterocycles. The van der Waals surface area contributed by atoms with Crippen LogP contribution in [-0.2, 0) is 10.0 Å². The van der Waals surface area contributed by atoms with E-state index in [1.807, 2.05) is 19.0 Å². The molecule has 0 saturated heterocycles. The van der Waals surface area contributed by atoms with Gasteiger partial charge in [-0.1, -0.05) is 11.6 Å². The van der Waals surface area contributed by atoms with E-state index in [1.165, 1.54) is 23.6 Å². The third-order valence-electron chi connectivity index (χ3n) is 2.28. The van der Waals surface area contributed by atoms with Gasteiger partial charge in [0.15, 0.2) is 0 Å². The van der Waals surface area contributed by atoms with Gasteiger partial charge in [-0.3, -0.25) is 0 Å². The van der Waals surface area contributed by atoms with Crippen LogP contribution in [0.2, 0.25) is 5.15 Å². The topological polar surface area (TPSA) is 53.5 Å². The normalized spacial score (nSPS) is 12.4. The van der Waals surface area contributed by atoms with Crippen LogP contribution in [0.4, 0.5) is 0 Å². The molecule has 0 saturated carbocycles. The second-order valence-electron chi connectivity index (χ2n) is 3.92. The smallest absolute Gasteiger partial charge is 0.245 e. The number of sulfonamides is 1. The number of hydrogen-bond donors (Lipinski definition) is 0. The third-order valence-corrected chi connectivity index (χ3v) is 4.58. The maximum atomic E-state index is 12.1. The molecule has 5 nitrogen and oxygen atoms in total. The minimum atomic E-state index is -3.55. The highest BCUT2D eigenvalue weighted by atomic mass is 35.5. The Bertz CT molecular complexity index is 476. The SMILES string of the molecule is CN(C)CCN(C)S(=O)(=O)c1cccnc1Cl. The number of aromatic nitrogens is 1. The average Bonchev–Trinajstić information content (AvgIpc) is 2.26. The van der Waals surface area contributed by atoms with Gasteiger partial charge in [-0.2, -0.15) is 4.31 Å². The van der Waals surface area contributed by atoms with E-state index in [1.54, 1.807) is 6.07 Å². The summed E-state index contributed by atoms with van der Waals surface area (Å²) < 4.78 is 25.6. The number of pyridine rings is 1. The zero-order valence-corrected chi connectivity index (χ0v) is 11.7. The molecule has 0 aliphatic carbocycles. The van der Waals surface area contributed by atoms with Gasteiger partial charge >= 0.3 is 0 Å². The van der Waals surface area contributed by atoms with Gasteiger partial charge in [-0.15, -0.1) is 0 Å². The van der Waals surface area contributed by atoms with E-state index < -0.39 is 10.0 Å². The van der Waals surface area contributed by atoms with Crippen LogP contribution >= 0.6 is 11.6 Å². The lowest BCUT2D eigenvalue weighted by Crippen LogP contribution is -2.33. The number of halogens is 1. The van der Waals surface area contributed by atoms with Gasteiger partial charge in [0.25, 0.3) is 0 Å². The van der Waals surface area contributed by atoms with E-state index in [4.69, 9.17) is 11.6 Å². The number of hydrogen-bond acceptors (Lipinski definition) is 4. The van der Waals surface area contributed by atoms with Crippen LogP contribution in [0.25, 0.3) is 0 Å². The molecule has 1 heterocycles. The van der Waals surface area contributed by atoms with Crippen LogP contribution < -0.4 is 0 Å². The molecule has 17 heavy (non-hydrogen) atoms. The van der Waals surface area contributed by atoms with E-state index >= 15 is 0 Å². The average molecular weight is 278 g/mol. The minimum Gasteiger partial charge on any atom is -0.308 e. The Hall–Kier alpha value is -0.690. The van der Waals surface area contributed by atoms with Crippen molar-refractivity contribution in [2.45, 2.75) is 4.90 Å². The molecule has 0 atom stereocenters. The van der Waals surface area contributed by atoms with E-state index in [2.05, 4.69) is 4.98 Å². The van der Waals surface area contributed by atoms with Crippen LogP contribution in [0.1, 0.15) is 0 Å². The lowest BCUT2D eigenvalue weighted by Gasteiger charge is -2.19. The summed E-state index contributed by atoms with van der Waals surface area (Å²) in [6.45, 7) is 1.05. The monoisotopic (exact) mass is 277 g/mol. The Labute approximate surface area is 107 Å². The molecule has 0 unspecified atom stereocenters. The van der Waals surface area contributed by atoms with Gasteiger partial charge in [0.2, 0.25) is 10.0 Å². The second kappa shape index (κ2) is 5.77. The van der Waals surface area contributed by atoms with E-state index in [9.17, 15) is 8.42 Å². The first-order valence-corrected chi connectivity index (χ1v) is 6.89. The van der Waals surface area contributed by atoms with Gasteiger partial charge in [0.1, 0.15) is 10.0 Å². The Morgan fingerprint density at radius 1 is 1.29 bits per heavy atom. The lowest BCUT2D eigenvalue weighted by molar-refractivity contribution is 0.358. The summed E-state index contributed by atoms with van der Waals surface area (Å²) in [5.41, 5.74) is 0. The molecule has 0 aliphatic rings. The van der Waals surface area contributed by atoms with Gasteiger partial charge in [-0.05, 0) is 26.2 Å². The zero-order chi connectivity index (χ0) is 13.1. The van der Waals surface area contributed by atoms with E-state index in [0.717, 1.165) is 0 Å². The van der Waals surface area contributed by atoms with Crippen molar-refractivity contribution in [1.29, 1.82) is 0 Å². The first-order chi connectivity index (χ1) is 7.85. The summed E-state index contributed by atoms with van der Waals surface area (Å²) in [5, 5.41) is 0.00389. The fourth-order valence-electron chi connectivity index (χ4n) is 1.19. The van der Waals surface area contributed by atoms with E-state index in [0.29, 0.717) is 13.1 Å². The van der Waals surface area contributed by atoms with Crippen molar-refractivity contribution in [2.24, 2.45) is 0 Å². The van der Waals surface area contributed by atoms with Crippen molar-refractivity contribution in [1.82, 2.24) is 14.2 Å². The van der Waals surface area contributed by atoms with Crippen molar-refractivity contribution in [2.75, 3.05) is 34.2 Å². The minimum absolute atomic E-state index is 0.00389. The fraction of sp³-hybridized carbons (Fsp3) is 0.500. The summed E-state index contributed by atoms with van der Waals surface area (Å²) in [5.74, 6) is 0. The molecule has 0 N–H and O–H groups in total. The molecule has 0 fully saturated rings. The lowest BCUT2D eigenvalue weighted by atomic mass is 10.5. The zero-order valence-electron chi connectivity index (χ0n) is 10.1. The van der Waals surface area contributed by atoms with E-state index in [-0.39, 0.29) is 10.0 Å². The summed E-state index contributed by atoms with van der Waals surface area (Å²) >= 11 is 5.79. The molecule has 7 heteroatoms. The number of rotatable bonds is 5. The van der Waals surface area contributed by atoms with Gasteiger partial charge < -0.3 is 4.90 Å². The summed E-state index contributed by atoms with van der Waals surface area (Å²) in [7, 11) is 1.75. The molecule has 1 aromatic rings. The highest BCUT2D eigenvalue weighted by Gasteiger charge is 2.23. The quantitative estimate of drug-likeness (QED) is 0.751. The Morgan fingerprint density at radius 2 is 1.94 bits per heavy atom. The largest absolute Gasteiger partial charge is 0.308 e. The maximum absolute atomic E-state index is 12.1. The maximum Gasteiger partial charge on any atom is 0.245 e. The van der Waals surface area contributed by atoms with Crippen LogP contribution in [0.3, 0.4) is 0 Å². The van der Waals surface area contributed by atoms with Crippen LogP contribution in [0, 0.1) is 0 Å². The molecule has 0 amide bonds. The molecule has 1 aromatic heterocycles. The van der Waals surface area contributed by atoms with Crippen molar-refractivity contribution in [3.8, 4) is 0 Å². The standard InChI is InChI=1S/C10H16ClN3O2S/c1-13(2)7-8-14(3)17(15,16)9-5-4-6-12-10(9)11/h4-6H,7-8H2,1-3H3. The van der Waals surface area contributed by atoms with Crippen LogP contribution in [0.15, 0.2) is 23.2 Å². The molecule has 0 aromatic carbocycles. The highest BCUT2D eigenvalue weighted by molar-refractivity contribution is 7.89. The molecule has 0 radical (unpaired) electrons. The van der Waals surface area contributed by atoms with Crippen molar-refractivity contribution < 1.29 is 8.42 Å². The van der Waals surface area contributed by atoms with Crippen molar-refractivity contribution in [3.05, 3.63) is 23.5 Å². The van der Waals surface area contributed by atoms with Gasteiger partial charge in [0.05, 0.1) is 0 Å². The highest BCUT2D eigenvalue weighted by Crippen LogP contribution is 2.20. The molecular formula is C10H16ClN3O2S. The first-order valence-electron chi connectivity index (χ1n) is 5.07. The Morgan fingerprint density at radius 3 is 2.47 bits per heavy atom. The van der Waals surface area contributed by atoms with Crippen LogP contribution in [-0.4, -0.2) is 56.8 Å². The van der Waals surface area contributed by atoms with Crippen LogP contribution in [0.5, 0.6) is 0 Å². The second-order valence-corrected chi connectivity index (χ2v) is 6.29. The summed E-state index contributed by atoms with van der Waals surface area (Å²) in [6.07, 6.45) is 1.46. The Kier molecular flexibility index (Phi) is 4.88. The third kappa shape index (κ3) is 3.64. The Balaban J connectivity index is 2.92. The number of nitrogens with zero attached hydrogens (tertiary/aromatic N) is 3. The van der Waals surface area contributed by atoms with Crippen molar-refractivity contribution >= 4 is 21.6 Å². The van der Waals surface area contributed by atoms with Gasteiger partial charge in [0, 0.05) is 26.3 Å². The predicted molar refractivity (Wildman–Crippen MR) is 67.6 cm³/mol. The molecule has 0 bridgehead atoms. The predicted octanol–water partition coefficient (Wildman–Crippen LogP) is 0.917. The molecule has 96 valence electrons. The summed E-state index contributed by atoms with van der Waals surface area (Å²) in [4.78, 5) is 5.73. The fourth-order valence-corrected chi connectivity index (χ4v) is 2.78. The summed E-state index contributed by atoms with van der Waals surface area (Å²) in [6, 6.07) is 3.01. The molecule has 1 rings (SSSR count). The van der Waals surface area contributed by atoms with Crippen molar-refractivity contribution in [3.63, 3.8) is 0 Å². The number of likely N-dealkylation sites (N-methyl/N-ethyl adjacent to an activating group) is 2. The first kappa shape index (κ1) is 14.4. The molecule has 0 spiro atoms. The van der Waals surface area contributed by atoms with Gasteiger partial charge in [-0.25, -0.2) is 13.4 Å².